The second-order valence-electron chi connectivity index (χ2n) is 8.77. The molecule has 1 aliphatic rings. The molecule has 1 fully saturated rings. The van der Waals surface area contributed by atoms with Crippen LogP contribution in [0.25, 0.3) is 0 Å². The SMILES string of the molecule is CSSC(COc1cccc(C(=O)NCCN)c1)OCCOCC(=O)NCC#CB[C@H]1C[C@@H](OC(N)(F)F)C(CO)O1. The van der Waals surface area contributed by atoms with E-state index in [1.54, 1.807) is 24.3 Å². The van der Waals surface area contributed by atoms with Gasteiger partial charge < -0.3 is 45.2 Å². The van der Waals surface area contributed by atoms with Crippen molar-refractivity contribution in [1.29, 1.82) is 0 Å². The summed E-state index contributed by atoms with van der Waals surface area (Å²) in [7, 11) is 3.19. The molecule has 234 valence electrons. The Morgan fingerprint density at radius 2 is 2.14 bits per heavy atom. The van der Waals surface area contributed by atoms with E-state index in [0.29, 0.717) is 24.4 Å². The van der Waals surface area contributed by atoms with Crippen LogP contribution in [-0.4, -0.2) is 113 Å². The lowest BCUT2D eigenvalue weighted by Crippen LogP contribution is -2.40. The fourth-order valence-corrected chi connectivity index (χ4v) is 5.12. The van der Waals surface area contributed by atoms with Crippen LogP contribution in [0.15, 0.2) is 24.3 Å². The van der Waals surface area contributed by atoms with Gasteiger partial charge in [-0.15, -0.1) is 0 Å². The molecule has 0 aromatic heterocycles. The first-order valence-corrected chi connectivity index (χ1v) is 15.7. The van der Waals surface area contributed by atoms with Crippen molar-refractivity contribution >= 4 is 40.7 Å². The molecule has 1 aliphatic heterocycles. The Bertz CT molecular complexity index is 1030. The number of halogens is 2. The lowest BCUT2D eigenvalue weighted by atomic mass is 9.71. The summed E-state index contributed by atoms with van der Waals surface area (Å²) in [5.74, 6) is 5.49. The molecule has 0 spiro atoms. The van der Waals surface area contributed by atoms with Gasteiger partial charge in [0.1, 0.15) is 30.5 Å². The lowest BCUT2D eigenvalue weighted by molar-refractivity contribution is -0.266. The summed E-state index contributed by atoms with van der Waals surface area (Å²) in [6.45, 7) is 0.773. The number of carbonyl (C=O) groups excluding carboxylic acids is 2. The van der Waals surface area contributed by atoms with Gasteiger partial charge in [-0.2, -0.15) is 14.6 Å². The number of aliphatic hydroxyl groups is 1. The highest BCUT2D eigenvalue weighted by atomic mass is 33.1. The third-order valence-electron chi connectivity index (χ3n) is 5.47. The summed E-state index contributed by atoms with van der Waals surface area (Å²) in [6, 6.07) is 6.30. The minimum atomic E-state index is -3.82. The van der Waals surface area contributed by atoms with Crippen molar-refractivity contribution in [3.8, 4) is 17.5 Å². The normalized spacial score (nSPS) is 19.0. The van der Waals surface area contributed by atoms with E-state index in [2.05, 4.69) is 32.8 Å². The van der Waals surface area contributed by atoms with Gasteiger partial charge in [-0.1, -0.05) is 33.6 Å². The van der Waals surface area contributed by atoms with E-state index in [-0.39, 0.29) is 63.9 Å². The molecule has 4 atom stereocenters. The van der Waals surface area contributed by atoms with Gasteiger partial charge in [-0.05, 0) is 30.9 Å². The number of alkyl halides is 2. The van der Waals surface area contributed by atoms with Crippen LogP contribution < -0.4 is 26.8 Å². The maximum absolute atomic E-state index is 12.9. The first-order valence-electron chi connectivity index (χ1n) is 13.1. The number of hydrogen-bond acceptors (Lipinski definition) is 12. The first-order chi connectivity index (χ1) is 20.1. The molecular weight excluding hydrogens is 597 g/mol. The smallest absolute Gasteiger partial charge is 0.420 e. The first kappa shape index (κ1) is 36.1. The van der Waals surface area contributed by atoms with Gasteiger partial charge in [0.25, 0.3) is 5.91 Å². The topological polar surface area (TPSA) is 177 Å². The van der Waals surface area contributed by atoms with Gasteiger partial charge in [-0.25, -0.2) is 5.73 Å². The molecule has 1 aromatic rings. The average Bonchev–Trinajstić information content (AvgIpc) is 3.34. The van der Waals surface area contributed by atoms with Crippen molar-refractivity contribution in [1.82, 2.24) is 10.6 Å². The van der Waals surface area contributed by atoms with Crippen molar-refractivity contribution in [2.45, 2.75) is 36.3 Å². The standard InChI is InChI=1S/C25H37BF2N4O8S2/c1-41-42-23(16-38-18-5-2-4-17(12-18)24(35)32-9-7-29)37-11-10-36-15-22(34)31-8-3-6-26-21-13-19(20(14-33)39-21)40-25(27,28)30/h2,4-5,12,19-21,23,26,33H,7-11,13-16,29-30H2,1H3,(H,31,34)(H,32,35)/t19-,20?,21-,23?/m1/s1. The minimum Gasteiger partial charge on any atom is -0.490 e. The Kier molecular flexibility index (Phi) is 17.1. The Morgan fingerprint density at radius 1 is 1.33 bits per heavy atom. The van der Waals surface area contributed by atoms with E-state index < -0.39 is 31.1 Å². The van der Waals surface area contributed by atoms with Gasteiger partial charge in [0, 0.05) is 24.7 Å². The highest BCUT2D eigenvalue weighted by molar-refractivity contribution is 8.76. The predicted molar refractivity (Wildman–Crippen MR) is 157 cm³/mol. The summed E-state index contributed by atoms with van der Waals surface area (Å²) in [5, 5.41) is 14.6. The Morgan fingerprint density at radius 3 is 2.86 bits per heavy atom. The maximum atomic E-state index is 12.9. The molecule has 0 saturated carbocycles. The minimum absolute atomic E-state index is 0.0648. The second-order valence-corrected chi connectivity index (χ2v) is 11.4. The molecule has 17 heteroatoms. The van der Waals surface area contributed by atoms with Crippen molar-refractivity contribution < 1.29 is 47.2 Å². The van der Waals surface area contributed by atoms with Crippen molar-refractivity contribution in [2.75, 3.05) is 58.9 Å². The Balaban J connectivity index is 1.60. The molecule has 12 nitrogen and oxygen atoms in total. The van der Waals surface area contributed by atoms with E-state index in [0.717, 1.165) is 0 Å². The molecule has 2 amide bonds. The molecule has 0 radical (unpaired) electrons. The van der Waals surface area contributed by atoms with E-state index in [1.165, 1.54) is 21.6 Å². The largest absolute Gasteiger partial charge is 0.490 e. The number of nitrogens with one attached hydrogen (secondary N) is 2. The summed E-state index contributed by atoms with van der Waals surface area (Å²) in [6.07, 6.45) is -3.74. The Hall–Kier alpha value is -2.14. The summed E-state index contributed by atoms with van der Waals surface area (Å²) in [5.41, 5.74) is 10.1. The fourth-order valence-electron chi connectivity index (χ4n) is 3.65. The second kappa shape index (κ2) is 19.9. The lowest BCUT2D eigenvalue weighted by Gasteiger charge is -2.20. The van der Waals surface area contributed by atoms with Crippen LogP contribution in [0.4, 0.5) is 8.78 Å². The molecule has 7 N–H and O–H groups in total. The van der Waals surface area contributed by atoms with Crippen LogP contribution in [0, 0.1) is 11.7 Å². The molecule has 42 heavy (non-hydrogen) atoms. The molecule has 1 aromatic carbocycles. The summed E-state index contributed by atoms with van der Waals surface area (Å²) >= 11 is 0. The van der Waals surface area contributed by atoms with E-state index in [1.807, 2.05) is 6.26 Å². The zero-order valence-corrected chi connectivity index (χ0v) is 24.9. The van der Waals surface area contributed by atoms with Gasteiger partial charge in [0.05, 0.1) is 32.5 Å². The van der Waals surface area contributed by atoms with Gasteiger partial charge in [0.2, 0.25) is 13.2 Å². The number of amides is 2. The van der Waals surface area contributed by atoms with Crippen LogP contribution in [0.1, 0.15) is 16.8 Å². The highest BCUT2D eigenvalue weighted by Crippen LogP contribution is 2.27. The quantitative estimate of drug-likeness (QED) is 0.0334. The zero-order valence-electron chi connectivity index (χ0n) is 23.2. The number of carbonyl (C=O) groups is 2. The molecule has 1 saturated heterocycles. The number of benzene rings is 1. The van der Waals surface area contributed by atoms with Crippen LogP contribution in [0.5, 0.6) is 5.75 Å². The van der Waals surface area contributed by atoms with Crippen molar-refractivity contribution in [3.05, 3.63) is 29.8 Å². The average molecular weight is 635 g/mol. The van der Waals surface area contributed by atoms with Crippen LogP contribution in [-0.2, 0) is 23.7 Å². The van der Waals surface area contributed by atoms with E-state index >= 15 is 0 Å². The summed E-state index contributed by atoms with van der Waals surface area (Å²) in [4.78, 5) is 24.1. The van der Waals surface area contributed by atoms with E-state index in [9.17, 15) is 23.5 Å². The number of nitrogens with two attached hydrogens (primary N) is 2. The molecular formula is C25H37BF2N4O8S2. The number of ether oxygens (including phenoxy) is 5. The number of aliphatic hydroxyl groups excluding tert-OH is 1. The Labute approximate surface area is 252 Å². The number of hydrogen-bond donors (Lipinski definition) is 5. The zero-order chi connectivity index (χ0) is 30.8. The molecule has 1 heterocycles. The van der Waals surface area contributed by atoms with Crippen LogP contribution in [0.3, 0.4) is 0 Å². The van der Waals surface area contributed by atoms with E-state index in [4.69, 9.17) is 24.7 Å². The third-order valence-corrected chi connectivity index (χ3v) is 7.38. The monoisotopic (exact) mass is 634 g/mol. The predicted octanol–water partition coefficient (Wildman–Crippen LogP) is -0.360. The van der Waals surface area contributed by atoms with Crippen LogP contribution in [0.2, 0.25) is 0 Å². The van der Waals surface area contributed by atoms with Crippen molar-refractivity contribution in [2.24, 2.45) is 11.5 Å². The van der Waals surface area contributed by atoms with Gasteiger partial charge >= 0.3 is 6.23 Å². The van der Waals surface area contributed by atoms with Crippen LogP contribution >= 0.6 is 21.6 Å². The summed E-state index contributed by atoms with van der Waals surface area (Å²) < 4.78 is 52.6. The van der Waals surface area contributed by atoms with Crippen molar-refractivity contribution in [3.63, 3.8) is 0 Å². The van der Waals surface area contributed by atoms with Gasteiger partial charge in [-0.3, -0.25) is 9.59 Å². The highest BCUT2D eigenvalue weighted by Gasteiger charge is 2.41. The molecule has 2 unspecified atom stereocenters. The molecule has 2 rings (SSSR count). The molecule has 0 bridgehead atoms. The molecule has 0 aliphatic carbocycles. The maximum Gasteiger partial charge on any atom is 0.420 e. The fraction of sp³-hybridized carbons (Fsp3) is 0.600. The third kappa shape index (κ3) is 14.9. The number of rotatable bonds is 19. The van der Waals surface area contributed by atoms with Gasteiger partial charge in [0.15, 0.2) is 0 Å².